The van der Waals surface area contributed by atoms with E-state index >= 15 is 0 Å². The van der Waals surface area contributed by atoms with E-state index < -0.39 is 17.6 Å². The first kappa shape index (κ1) is 11.4. The zero-order valence-corrected chi connectivity index (χ0v) is 8.25. The minimum atomic E-state index is -4.59. The van der Waals surface area contributed by atoms with Crippen LogP contribution in [0.15, 0.2) is 28.9 Å². The molecular weight excluding hydrogens is 240 g/mol. The minimum absolute atomic E-state index is 0.0589. The van der Waals surface area contributed by atoms with Gasteiger partial charge in [-0.2, -0.15) is 13.2 Å². The maximum Gasteiger partial charge on any atom is 0.416 e. The third-order valence-corrected chi connectivity index (χ3v) is 2.14. The van der Waals surface area contributed by atoms with Crippen molar-refractivity contribution in [2.45, 2.75) is 6.18 Å². The molecule has 2 aromatic rings. The van der Waals surface area contributed by atoms with E-state index in [9.17, 15) is 17.6 Å². The highest BCUT2D eigenvalue weighted by molar-refractivity contribution is 5.70. The molecule has 3 nitrogen and oxygen atoms in total. The van der Waals surface area contributed by atoms with E-state index in [-0.39, 0.29) is 17.0 Å². The van der Waals surface area contributed by atoms with Gasteiger partial charge >= 0.3 is 6.18 Å². The monoisotopic (exact) mass is 246 g/mol. The molecule has 17 heavy (non-hydrogen) atoms. The van der Waals surface area contributed by atoms with Crippen LogP contribution in [0, 0.1) is 5.82 Å². The summed E-state index contributed by atoms with van der Waals surface area (Å²) in [6.07, 6.45) is -3.45. The third kappa shape index (κ3) is 2.08. The number of rotatable bonds is 1. The smallest absolute Gasteiger partial charge is 0.394 e. The predicted octanol–water partition coefficient (Wildman–Crippen LogP) is 3.08. The Labute approximate surface area is 92.8 Å². The van der Waals surface area contributed by atoms with Crippen molar-refractivity contribution in [1.82, 2.24) is 5.16 Å². The molecule has 90 valence electrons. The lowest BCUT2D eigenvalue weighted by Crippen LogP contribution is -2.05. The van der Waals surface area contributed by atoms with Gasteiger partial charge in [-0.05, 0) is 18.2 Å². The van der Waals surface area contributed by atoms with Crippen LogP contribution in [0.1, 0.15) is 5.56 Å². The Hall–Kier alpha value is -2.05. The Balaban J connectivity index is 2.50. The summed E-state index contributed by atoms with van der Waals surface area (Å²) in [4.78, 5) is 0. The van der Waals surface area contributed by atoms with Crippen molar-refractivity contribution < 1.29 is 22.1 Å². The van der Waals surface area contributed by atoms with Gasteiger partial charge in [0.1, 0.15) is 11.5 Å². The molecule has 0 aliphatic rings. The molecule has 0 saturated heterocycles. The molecule has 0 radical (unpaired) electrons. The SMILES string of the molecule is Nc1cnoc1-c1ccc(C(F)(F)F)cc1F. The summed E-state index contributed by atoms with van der Waals surface area (Å²) in [7, 11) is 0. The van der Waals surface area contributed by atoms with Crippen LogP contribution in [0.3, 0.4) is 0 Å². The molecule has 0 aliphatic carbocycles. The second kappa shape index (κ2) is 3.76. The summed E-state index contributed by atoms with van der Waals surface area (Å²) in [5.74, 6) is -1.15. The van der Waals surface area contributed by atoms with Crippen molar-refractivity contribution in [2.75, 3.05) is 5.73 Å². The van der Waals surface area contributed by atoms with Gasteiger partial charge < -0.3 is 10.3 Å². The zero-order chi connectivity index (χ0) is 12.6. The molecule has 1 heterocycles. The van der Waals surface area contributed by atoms with Gasteiger partial charge in [-0.3, -0.25) is 0 Å². The van der Waals surface area contributed by atoms with E-state index in [0.717, 1.165) is 18.3 Å². The Bertz CT molecular complexity index is 547. The molecule has 0 spiro atoms. The maximum absolute atomic E-state index is 13.5. The van der Waals surface area contributed by atoms with Crippen molar-refractivity contribution in [1.29, 1.82) is 0 Å². The van der Waals surface area contributed by atoms with Crippen molar-refractivity contribution in [2.24, 2.45) is 0 Å². The Morgan fingerprint density at radius 3 is 2.41 bits per heavy atom. The van der Waals surface area contributed by atoms with Gasteiger partial charge in [-0.1, -0.05) is 5.16 Å². The van der Waals surface area contributed by atoms with E-state index in [0.29, 0.717) is 6.07 Å². The number of aromatic nitrogens is 1. The van der Waals surface area contributed by atoms with Crippen LogP contribution in [-0.2, 0) is 6.18 Å². The van der Waals surface area contributed by atoms with Crippen LogP contribution < -0.4 is 5.73 Å². The Kier molecular flexibility index (Phi) is 2.53. The molecule has 2 rings (SSSR count). The first-order valence-electron chi connectivity index (χ1n) is 4.47. The number of hydrogen-bond acceptors (Lipinski definition) is 3. The largest absolute Gasteiger partial charge is 0.416 e. The summed E-state index contributed by atoms with van der Waals surface area (Å²) >= 11 is 0. The lowest BCUT2D eigenvalue weighted by Gasteiger charge is -2.07. The molecule has 0 amide bonds. The average Bonchev–Trinajstić information content (AvgIpc) is 2.63. The number of anilines is 1. The van der Waals surface area contributed by atoms with E-state index in [1.165, 1.54) is 0 Å². The van der Waals surface area contributed by atoms with Gasteiger partial charge in [0.05, 0.1) is 17.3 Å². The topological polar surface area (TPSA) is 52.0 Å². The van der Waals surface area contributed by atoms with Crippen molar-refractivity contribution in [3.63, 3.8) is 0 Å². The van der Waals surface area contributed by atoms with E-state index in [1.807, 2.05) is 0 Å². The number of nitrogens with zero attached hydrogens (tertiary/aromatic N) is 1. The molecule has 2 N–H and O–H groups in total. The number of hydrogen-bond donors (Lipinski definition) is 1. The van der Waals surface area contributed by atoms with Gasteiger partial charge in [0.25, 0.3) is 0 Å². The molecule has 0 atom stereocenters. The van der Waals surface area contributed by atoms with Gasteiger partial charge in [0.15, 0.2) is 5.76 Å². The number of benzene rings is 1. The van der Waals surface area contributed by atoms with Crippen LogP contribution in [-0.4, -0.2) is 5.16 Å². The summed E-state index contributed by atoms with van der Waals surface area (Å²) in [6.45, 7) is 0. The molecule has 0 unspecified atom stereocenters. The molecule has 0 aliphatic heterocycles. The minimum Gasteiger partial charge on any atom is -0.394 e. The van der Waals surface area contributed by atoms with Crippen LogP contribution in [0.5, 0.6) is 0 Å². The number of nitrogen functional groups attached to an aromatic ring is 1. The lowest BCUT2D eigenvalue weighted by molar-refractivity contribution is -0.137. The fourth-order valence-corrected chi connectivity index (χ4v) is 1.33. The first-order chi connectivity index (χ1) is 7.89. The van der Waals surface area contributed by atoms with Gasteiger partial charge in [-0.25, -0.2) is 4.39 Å². The first-order valence-corrected chi connectivity index (χ1v) is 4.47. The normalized spacial score (nSPS) is 11.8. The summed E-state index contributed by atoms with van der Waals surface area (Å²) in [6, 6.07) is 2.09. The van der Waals surface area contributed by atoms with E-state index in [2.05, 4.69) is 9.68 Å². The molecule has 1 aromatic heterocycles. The van der Waals surface area contributed by atoms with Crippen LogP contribution in [0.25, 0.3) is 11.3 Å². The quantitative estimate of drug-likeness (QED) is 0.786. The summed E-state index contributed by atoms with van der Waals surface area (Å²) in [5.41, 5.74) is 4.25. The standard InChI is InChI=1S/C10H6F4N2O/c11-7-3-5(10(12,13)14)1-2-6(7)9-8(15)4-16-17-9/h1-4H,15H2. The predicted molar refractivity (Wildman–Crippen MR) is 51.3 cm³/mol. The number of nitrogens with two attached hydrogens (primary N) is 1. The molecule has 0 bridgehead atoms. The van der Waals surface area contributed by atoms with Gasteiger partial charge in [0.2, 0.25) is 0 Å². The summed E-state index contributed by atoms with van der Waals surface area (Å²) in [5, 5.41) is 3.32. The lowest BCUT2D eigenvalue weighted by atomic mass is 10.1. The van der Waals surface area contributed by atoms with Gasteiger partial charge in [-0.15, -0.1) is 0 Å². The third-order valence-electron chi connectivity index (χ3n) is 2.14. The molecule has 1 aromatic carbocycles. The zero-order valence-electron chi connectivity index (χ0n) is 8.25. The Morgan fingerprint density at radius 1 is 1.24 bits per heavy atom. The second-order valence-corrected chi connectivity index (χ2v) is 3.30. The van der Waals surface area contributed by atoms with Gasteiger partial charge in [0, 0.05) is 0 Å². The Morgan fingerprint density at radius 2 is 1.94 bits per heavy atom. The van der Waals surface area contributed by atoms with Crippen LogP contribution in [0.2, 0.25) is 0 Å². The molecular formula is C10H6F4N2O. The summed E-state index contributed by atoms with van der Waals surface area (Å²) < 4.78 is 55.0. The number of halogens is 4. The maximum atomic E-state index is 13.5. The molecule has 7 heteroatoms. The van der Waals surface area contributed by atoms with Crippen molar-refractivity contribution in [3.05, 3.63) is 35.8 Å². The second-order valence-electron chi connectivity index (χ2n) is 3.30. The molecule has 0 saturated carbocycles. The highest BCUT2D eigenvalue weighted by Crippen LogP contribution is 2.34. The van der Waals surface area contributed by atoms with Crippen LogP contribution in [0.4, 0.5) is 23.2 Å². The van der Waals surface area contributed by atoms with Crippen molar-refractivity contribution >= 4 is 5.69 Å². The molecule has 0 fully saturated rings. The van der Waals surface area contributed by atoms with E-state index in [1.54, 1.807) is 0 Å². The highest BCUT2D eigenvalue weighted by atomic mass is 19.4. The highest BCUT2D eigenvalue weighted by Gasteiger charge is 2.31. The van der Waals surface area contributed by atoms with Crippen LogP contribution >= 0.6 is 0 Å². The number of alkyl halides is 3. The average molecular weight is 246 g/mol. The van der Waals surface area contributed by atoms with E-state index in [4.69, 9.17) is 5.73 Å². The fraction of sp³-hybridized carbons (Fsp3) is 0.100. The van der Waals surface area contributed by atoms with Crippen molar-refractivity contribution in [3.8, 4) is 11.3 Å². The fourth-order valence-electron chi connectivity index (χ4n) is 1.33.